The van der Waals surface area contributed by atoms with E-state index < -0.39 is 0 Å². The zero-order chi connectivity index (χ0) is 14.8. The van der Waals surface area contributed by atoms with Crippen LogP contribution in [0.5, 0.6) is 17.2 Å². The van der Waals surface area contributed by atoms with Gasteiger partial charge in [-0.1, -0.05) is 24.3 Å². The van der Waals surface area contributed by atoms with E-state index in [2.05, 4.69) is 5.32 Å². The molecule has 0 radical (unpaired) electrons. The normalized spacial score (nSPS) is 26.6. The van der Waals surface area contributed by atoms with Crippen LogP contribution >= 0.6 is 0 Å². The van der Waals surface area contributed by atoms with Crippen LogP contribution in [0.25, 0.3) is 0 Å². The fourth-order valence-electron chi connectivity index (χ4n) is 3.53. The molecule has 2 heterocycles. The molecule has 0 aromatic heterocycles. The van der Waals surface area contributed by atoms with Crippen LogP contribution in [0, 0.1) is 0 Å². The highest BCUT2D eigenvalue weighted by Crippen LogP contribution is 2.31. The Labute approximate surface area is 131 Å². The van der Waals surface area contributed by atoms with Crippen molar-refractivity contribution in [1.82, 2.24) is 5.32 Å². The molecule has 2 aromatic carbocycles. The van der Waals surface area contributed by atoms with Crippen molar-refractivity contribution >= 4 is 0 Å². The average molecular weight is 295 g/mol. The highest BCUT2D eigenvalue weighted by molar-refractivity contribution is 5.36. The summed E-state index contributed by atoms with van der Waals surface area (Å²) in [6.45, 7) is 0. The maximum atomic E-state index is 6.19. The second kappa shape index (κ2) is 6.01. The summed E-state index contributed by atoms with van der Waals surface area (Å²) in [4.78, 5) is 0. The molecule has 0 spiro atoms. The second-order valence-electron chi connectivity index (χ2n) is 6.24. The first-order valence-corrected chi connectivity index (χ1v) is 8.11. The molecule has 0 amide bonds. The van der Waals surface area contributed by atoms with E-state index in [0.717, 1.165) is 30.1 Å². The molecule has 1 N–H and O–H groups in total. The monoisotopic (exact) mass is 295 g/mol. The Kier molecular flexibility index (Phi) is 3.73. The van der Waals surface area contributed by atoms with Gasteiger partial charge in [-0.15, -0.1) is 0 Å². The molecule has 3 nitrogen and oxygen atoms in total. The summed E-state index contributed by atoms with van der Waals surface area (Å²) >= 11 is 0. The predicted octanol–water partition coefficient (Wildman–Crippen LogP) is 4.14. The van der Waals surface area contributed by atoms with Crippen LogP contribution in [0.15, 0.2) is 54.6 Å². The van der Waals surface area contributed by atoms with Crippen molar-refractivity contribution in [1.29, 1.82) is 0 Å². The molecule has 2 aromatic rings. The highest BCUT2D eigenvalue weighted by Gasteiger charge is 2.34. The van der Waals surface area contributed by atoms with E-state index >= 15 is 0 Å². The van der Waals surface area contributed by atoms with Gasteiger partial charge in [0.05, 0.1) is 0 Å². The van der Waals surface area contributed by atoms with Crippen molar-refractivity contribution in [3.8, 4) is 17.2 Å². The molecule has 2 bridgehead atoms. The Balaban J connectivity index is 1.43. The zero-order valence-electron chi connectivity index (χ0n) is 12.6. The van der Waals surface area contributed by atoms with Crippen LogP contribution in [0.3, 0.4) is 0 Å². The largest absolute Gasteiger partial charge is 0.490 e. The van der Waals surface area contributed by atoms with E-state index in [1.165, 1.54) is 12.8 Å². The van der Waals surface area contributed by atoms with Gasteiger partial charge in [-0.3, -0.25) is 0 Å². The van der Waals surface area contributed by atoms with E-state index in [-0.39, 0.29) is 0 Å². The molecule has 3 heteroatoms. The molecule has 114 valence electrons. The molecule has 0 aliphatic carbocycles. The molecule has 3 atom stereocenters. The van der Waals surface area contributed by atoms with E-state index in [0.29, 0.717) is 18.2 Å². The lowest BCUT2D eigenvalue weighted by molar-refractivity contribution is 0.137. The van der Waals surface area contributed by atoms with Gasteiger partial charge >= 0.3 is 0 Å². The lowest BCUT2D eigenvalue weighted by Gasteiger charge is -2.29. The van der Waals surface area contributed by atoms with Gasteiger partial charge in [-0.2, -0.15) is 0 Å². The van der Waals surface area contributed by atoms with Crippen LogP contribution in [0.1, 0.15) is 25.7 Å². The number of benzene rings is 2. The van der Waals surface area contributed by atoms with Crippen molar-refractivity contribution in [3.05, 3.63) is 54.6 Å². The number of rotatable bonds is 4. The number of piperidine rings is 1. The number of nitrogens with one attached hydrogen (secondary N) is 1. The zero-order valence-corrected chi connectivity index (χ0v) is 12.6. The molecular weight excluding hydrogens is 274 g/mol. The van der Waals surface area contributed by atoms with E-state index in [1.807, 2.05) is 54.6 Å². The van der Waals surface area contributed by atoms with Gasteiger partial charge in [0.15, 0.2) is 0 Å². The smallest absolute Gasteiger partial charge is 0.131 e. The first-order chi connectivity index (χ1) is 10.8. The molecule has 2 aliphatic rings. The Morgan fingerprint density at radius 2 is 1.45 bits per heavy atom. The van der Waals surface area contributed by atoms with Gasteiger partial charge < -0.3 is 14.8 Å². The van der Waals surface area contributed by atoms with Crippen LogP contribution < -0.4 is 14.8 Å². The third-order valence-electron chi connectivity index (χ3n) is 4.52. The molecule has 2 saturated heterocycles. The molecule has 2 aliphatic heterocycles. The summed E-state index contributed by atoms with van der Waals surface area (Å²) < 4.78 is 12.1. The maximum Gasteiger partial charge on any atom is 0.131 e. The summed E-state index contributed by atoms with van der Waals surface area (Å²) in [7, 11) is 0. The minimum Gasteiger partial charge on any atom is -0.490 e. The fourth-order valence-corrected chi connectivity index (χ4v) is 3.53. The summed E-state index contributed by atoms with van der Waals surface area (Å²) in [6.07, 6.45) is 5.13. The standard InChI is InChI=1S/C19H21NO2/c1-2-5-16(6-3-1)21-17-7-4-8-18(13-17)22-19-11-14-9-10-15(12-19)20-14/h1-8,13-15,19-20H,9-12H2/t14-,15+,19+. The van der Waals surface area contributed by atoms with Gasteiger partial charge in [0.1, 0.15) is 23.4 Å². The van der Waals surface area contributed by atoms with Gasteiger partial charge in [0, 0.05) is 18.2 Å². The van der Waals surface area contributed by atoms with Crippen LogP contribution in [0.4, 0.5) is 0 Å². The molecule has 4 rings (SSSR count). The lowest BCUT2D eigenvalue weighted by Crippen LogP contribution is -2.42. The minimum atomic E-state index is 0.325. The van der Waals surface area contributed by atoms with Crippen molar-refractivity contribution in [3.63, 3.8) is 0 Å². The number of hydrogen-bond acceptors (Lipinski definition) is 3. The van der Waals surface area contributed by atoms with Gasteiger partial charge in [-0.25, -0.2) is 0 Å². The number of hydrogen-bond donors (Lipinski definition) is 1. The van der Waals surface area contributed by atoms with Gasteiger partial charge in [0.2, 0.25) is 0 Å². The predicted molar refractivity (Wildman–Crippen MR) is 86.6 cm³/mol. The SMILES string of the molecule is c1ccc(Oc2cccc(O[C@H]3C[C@H]4CC[C@@H](C3)N4)c2)cc1. The van der Waals surface area contributed by atoms with Gasteiger partial charge in [-0.05, 0) is 49.9 Å². The minimum absolute atomic E-state index is 0.325. The molecule has 2 fully saturated rings. The maximum absolute atomic E-state index is 6.19. The van der Waals surface area contributed by atoms with Crippen molar-refractivity contribution in [2.75, 3.05) is 0 Å². The van der Waals surface area contributed by atoms with Gasteiger partial charge in [0.25, 0.3) is 0 Å². The lowest BCUT2D eigenvalue weighted by atomic mass is 10.0. The van der Waals surface area contributed by atoms with E-state index in [9.17, 15) is 0 Å². The Morgan fingerprint density at radius 3 is 2.23 bits per heavy atom. The third-order valence-corrected chi connectivity index (χ3v) is 4.52. The second-order valence-corrected chi connectivity index (χ2v) is 6.24. The molecule has 0 unspecified atom stereocenters. The summed E-state index contributed by atoms with van der Waals surface area (Å²) in [5.41, 5.74) is 0. The van der Waals surface area contributed by atoms with Crippen LogP contribution in [-0.2, 0) is 0 Å². The Hall–Kier alpha value is -2.00. The number of para-hydroxylation sites is 1. The van der Waals surface area contributed by atoms with Crippen LogP contribution in [-0.4, -0.2) is 18.2 Å². The van der Waals surface area contributed by atoms with E-state index in [1.54, 1.807) is 0 Å². The Bertz CT molecular complexity index is 616. The number of ether oxygens (including phenoxy) is 2. The Morgan fingerprint density at radius 1 is 0.773 bits per heavy atom. The topological polar surface area (TPSA) is 30.5 Å². The number of fused-ring (bicyclic) bond motifs is 2. The first kappa shape index (κ1) is 13.6. The fraction of sp³-hybridized carbons (Fsp3) is 0.368. The van der Waals surface area contributed by atoms with E-state index in [4.69, 9.17) is 9.47 Å². The van der Waals surface area contributed by atoms with Crippen LogP contribution in [0.2, 0.25) is 0 Å². The quantitative estimate of drug-likeness (QED) is 0.919. The van der Waals surface area contributed by atoms with Crippen molar-refractivity contribution < 1.29 is 9.47 Å². The summed E-state index contributed by atoms with van der Waals surface area (Å²) in [5, 5.41) is 3.65. The highest BCUT2D eigenvalue weighted by atomic mass is 16.5. The third kappa shape index (κ3) is 3.09. The summed E-state index contributed by atoms with van der Waals surface area (Å²) in [6, 6.07) is 19.1. The average Bonchev–Trinajstić information content (AvgIpc) is 2.87. The summed E-state index contributed by atoms with van der Waals surface area (Å²) in [5.74, 6) is 2.57. The molecule has 22 heavy (non-hydrogen) atoms. The van der Waals surface area contributed by atoms with Crippen molar-refractivity contribution in [2.45, 2.75) is 43.9 Å². The first-order valence-electron chi connectivity index (χ1n) is 8.11. The molecule has 0 saturated carbocycles. The molecular formula is C19H21NO2. The van der Waals surface area contributed by atoms with Crippen molar-refractivity contribution in [2.24, 2.45) is 0 Å².